The largest absolute Gasteiger partial charge is 0.311 e. The van der Waals surface area contributed by atoms with Gasteiger partial charge in [-0.2, -0.15) is 5.10 Å². The molecule has 0 saturated carbocycles. The van der Waals surface area contributed by atoms with E-state index in [-0.39, 0.29) is 32.7 Å². The number of rotatable bonds is 1. The summed E-state index contributed by atoms with van der Waals surface area (Å²) in [5, 5.41) is 12.8. The van der Waals surface area contributed by atoms with Gasteiger partial charge in [-0.05, 0) is 35.2 Å². The molecule has 0 fully saturated rings. The van der Waals surface area contributed by atoms with Crippen LogP contribution in [0.15, 0.2) is 24.5 Å². The van der Waals surface area contributed by atoms with Crippen LogP contribution < -0.4 is 0 Å². The minimum absolute atomic E-state index is 0. The molecule has 1 radical (unpaired) electrons. The van der Waals surface area contributed by atoms with Gasteiger partial charge < -0.3 is 11.3 Å². The fourth-order valence-electron chi connectivity index (χ4n) is 1.51. The minimum atomic E-state index is 0. The van der Waals surface area contributed by atoms with Crippen molar-refractivity contribution in [3.63, 3.8) is 0 Å². The maximum absolute atomic E-state index is 4.26. The van der Waals surface area contributed by atoms with Gasteiger partial charge in [0.05, 0.1) is 5.52 Å². The predicted molar refractivity (Wildman–Crippen MR) is 57.7 cm³/mol. The molecule has 6 heteroatoms. The average molecular weight is 304 g/mol. The third-order valence-electron chi connectivity index (χ3n) is 2.23. The van der Waals surface area contributed by atoms with E-state index in [0.29, 0.717) is 0 Å². The summed E-state index contributed by atoms with van der Waals surface area (Å²) in [4.78, 5) is 0. The van der Waals surface area contributed by atoms with E-state index < -0.39 is 0 Å². The van der Waals surface area contributed by atoms with Gasteiger partial charge in [0.1, 0.15) is 0 Å². The Kier molecular flexibility index (Phi) is 3.47. The van der Waals surface area contributed by atoms with E-state index in [1.54, 1.807) is 0 Å². The van der Waals surface area contributed by atoms with E-state index in [4.69, 9.17) is 0 Å². The molecule has 3 heterocycles. The zero-order valence-corrected chi connectivity index (χ0v) is 12.2. The van der Waals surface area contributed by atoms with Gasteiger partial charge in [0, 0.05) is 45.1 Å². The Labute approximate surface area is 122 Å². The predicted octanol–water partition coefficient (Wildman–Crippen LogP) is 1.96. The number of pyridine rings is 1. The van der Waals surface area contributed by atoms with Crippen LogP contribution in [-0.2, 0) is 32.7 Å². The van der Waals surface area contributed by atoms with Gasteiger partial charge in [-0.1, -0.05) is 5.51 Å². The number of nitrogens with zero attached hydrogens (tertiary/aromatic N) is 4. The molecule has 0 amide bonds. The van der Waals surface area contributed by atoms with Crippen LogP contribution in [0.5, 0.6) is 0 Å². The summed E-state index contributed by atoms with van der Waals surface area (Å²) in [6, 6.07) is 4.11. The number of fused-ring (bicyclic) bond motifs is 1. The fourth-order valence-corrected chi connectivity index (χ4v) is 2.03. The van der Waals surface area contributed by atoms with Crippen molar-refractivity contribution in [2.24, 2.45) is 0 Å². The number of hydrogen-bond donors (Lipinski definition) is 0. The number of aromatic nitrogens is 4. The summed E-state index contributed by atoms with van der Waals surface area (Å²) >= 11 is 1.40. The zero-order chi connectivity index (χ0) is 10.3. The van der Waals surface area contributed by atoms with E-state index in [0.717, 1.165) is 16.1 Å². The second-order valence-electron chi connectivity index (χ2n) is 3.29. The number of aryl methyl sites for hydroxylation is 1. The second-order valence-corrected chi connectivity index (χ2v) is 4.06. The quantitative estimate of drug-likeness (QED) is 0.646. The van der Waals surface area contributed by atoms with Gasteiger partial charge in [-0.3, -0.25) is 10.2 Å². The van der Waals surface area contributed by atoms with Crippen LogP contribution in [-0.4, -0.2) is 19.8 Å². The van der Waals surface area contributed by atoms with Crippen molar-refractivity contribution in [3.05, 3.63) is 35.6 Å². The van der Waals surface area contributed by atoms with Crippen LogP contribution in [0.2, 0.25) is 0 Å². The van der Waals surface area contributed by atoms with Crippen LogP contribution in [0.4, 0.5) is 0 Å². The summed E-state index contributed by atoms with van der Waals surface area (Å²) < 4.78 is 1.84. The molecule has 0 aliphatic rings. The van der Waals surface area contributed by atoms with E-state index in [1.165, 1.54) is 16.9 Å². The smallest absolute Gasteiger partial charge is 0.0587 e. The SMILES string of the molecule is Cc1ccn2ncc(-c3nn[c-]s3)c2c1.[Y]. The topological polar surface area (TPSA) is 43.1 Å². The molecule has 0 unspecified atom stereocenters. The van der Waals surface area contributed by atoms with Crippen molar-refractivity contribution in [1.29, 1.82) is 0 Å². The Hall–Kier alpha value is -0.646. The van der Waals surface area contributed by atoms with Crippen molar-refractivity contribution in [3.8, 4) is 10.6 Å². The third-order valence-corrected chi connectivity index (χ3v) is 2.90. The molecule has 0 N–H and O–H groups in total. The average Bonchev–Trinajstić information content (AvgIpc) is 2.83. The van der Waals surface area contributed by atoms with E-state index in [2.05, 4.69) is 33.8 Å². The monoisotopic (exact) mass is 304 g/mol. The Balaban J connectivity index is 0.000000963. The normalized spacial score (nSPS) is 10.3. The summed E-state index contributed by atoms with van der Waals surface area (Å²) in [7, 11) is 0. The minimum Gasteiger partial charge on any atom is -0.311 e. The van der Waals surface area contributed by atoms with Gasteiger partial charge in [0.2, 0.25) is 0 Å². The molecular weight excluding hydrogens is 297 g/mol. The Morgan fingerprint density at radius 3 is 3.06 bits per heavy atom. The molecule has 3 aromatic heterocycles. The van der Waals surface area contributed by atoms with Crippen molar-refractivity contribution < 1.29 is 32.7 Å². The first-order valence-electron chi connectivity index (χ1n) is 4.48. The van der Waals surface area contributed by atoms with Crippen molar-refractivity contribution in [2.45, 2.75) is 6.92 Å². The maximum Gasteiger partial charge on any atom is 0.0587 e. The molecule has 3 rings (SSSR count). The molecule has 0 saturated heterocycles. The number of hydrogen-bond acceptors (Lipinski definition) is 4. The van der Waals surface area contributed by atoms with Crippen molar-refractivity contribution >= 4 is 16.9 Å². The van der Waals surface area contributed by atoms with Crippen LogP contribution in [0, 0.1) is 12.4 Å². The first kappa shape index (κ1) is 11.8. The van der Waals surface area contributed by atoms with E-state index in [1.807, 2.05) is 23.0 Å². The molecular formula is C10H7N4SY-. The first-order chi connectivity index (χ1) is 7.34. The molecule has 0 aliphatic carbocycles. The van der Waals surface area contributed by atoms with Gasteiger partial charge >= 0.3 is 0 Å². The summed E-state index contributed by atoms with van der Waals surface area (Å²) in [6.07, 6.45) is 3.75. The van der Waals surface area contributed by atoms with Gasteiger partial charge in [-0.15, -0.1) is 0 Å². The zero-order valence-electron chi connectivity index (χ0n) is 8.58. The van der Waals surface area contributed by atoms with E-state index >= 15 is 0 Å². The van der Waals surface area contributed by atoms with Crippen LogP contribution >= 0.6 is 11.3 Å². The molecule has 0 aliphatic heterocycles. The van der Waals surface area contributed by atoms with Crippen LogP contribution in [0.3, 0.4) is 0 Å². The summed E-state index contributed by atoms with van der Waals surface area (Å²) in [5.41, 5.74) is 6.01. The van der Waals surface area contributed by atoms with Gasteiger partial charge in [0.25, 0.3) is 0 Å². The maximum atomic E-state index is 4.26. The third kappa shape index (κ3) is 1.95. The molecule has 0 aromatic carbocycles. The molecule has 3 aromatic rings. The van der Waals surface area contributed by atoms with Crippen molar-refractivity contribution in [1.82, 2.24) is 19.8 Å². The van der Waals surface area contributed by atoms with E-state index in [9.17, 15) is 0 Å². The molecule has 0 atom stereocenters. The molecule has 16 heavy (non-hydrogen) atoms. The Bertz CT molecular complexity index is 602. The van der Waals surface area contributed by atoms with Crippen LogP contribution in [0.1, 0.15) is 5.56 Å². The fraction of sp³-hybridized carbons (Fsp3) is 0.100. The molecule has 77 valence electrons. The molecule has 0 spiro atoms. The Morgan fingerprint density at radius 1 is 1.44 bits per heavy atom. The first-order valence-corrected chi connectivity index (χ1v) is 5.30. The van der Waals surface area contributed by atoms with Crippen LogP contribution in [0.25, 0.3) is 16.1 Å². The summed E-state index contributed by atoms with van der Waals surface area (Å²) in [5.74, 6) is 0. The standard InChI is InChI=1S/C10H7N4S.Y/c1-7-2-3-14-9(4-7)8(5-12-14)10-13-11-6-15-10;/h2-5H,1H3;/q-1;. The van der Waals surface area contributed by atoms with Gasteiger partial charge in [-0.25, -0.2) is 4.52 Å². The van der Waals surface area contributed by atoms with Gasteiger partial charge in [0.15, 0.2) is 0 Å². The summed E-state index contributed by atoms with van der Waals surface area (Å²) in [6.45, 7) is 2.06. The van der Waals surface area contributed by atoms with Crippen molar-refractivity contribution in [2.75, 3.05) is 0 Å². The molecule has 4 nitrogen and oxygen atoms in total. The Morgan fingerprint density at radius 2 is 2.31 bits per heavy atom. The molecule has 0 bridgehead atoms. The second kappa shape index (κ2) is 4.69.